The molecule has 0 bridgehead atoms. The quantitative estimate of drug-likeness (QED) is 0.381. The van der Waals surface area contributed by atoms with E-state index in [1.165, 1.54) is 23.1 Å². The number of nitrogens with zero attached hydrogens (tertiary/aromatic N) is 6. The van der Waals surface area contributed by atoms with E-state index >= 15 is 0 Å². The van der Waals surface area contributed by atoms with Gasteiger partial charge >= 0.3 is 0 Å². The molecule has 0 aliphatic heterocycles. The second kappa shape index (κ2) is 8.94. The van der Waals surface area contributed by atoms with Crippen LogP contribution in [0.3, 0.4) is 0 Å². The van der Waals surface area contributed by atoms with Crippen LogP contribution in [0.15, 0.2) is 65.8 Å². The van der Waals surface area contributed by atoms with Crippen LogP contribution in [0.4, 0.5) is 5.69 Å². The van der Waals surface area contributed by atoms with Gasteiger partial charge < -0.3 is 0 Å². The molecule has 0 radical (unpaired) electrons. The Hall–Kier alpha value is -4.21. The van der Waals surface area contributed by atoms with Crippen molar-refractivity contribution in [3.63, 3.8) is 0 Å². The van der Waals surface area contributed by atoms with Gasteiger partial charge in [0.2, 0.25) is 5.82 Å². The molecule has 2 aromatic carbocycles. The Balaban J connectivity index is 1.47. The molecule has 10 nitrogen and oxygen atoms in total. The maximum Gasteiger partial charge on any atom is 0.269 e. The van der Waals surface area contributed by atoms with Crippen molar-refractivity contribution in [2.75, 3.05) is 0 Å². The van der Waals surface area contributed by atoms with Crippen molar-refractivity contribution in [1.82, 2.24) is 25.6 Å². The highest BCUT2D eigenvalue weighted by Gasteiger charge is 2.08. The highest BCUT2D eigenvalue weighted by molar-refractivity contribution is 5.81. The van der Waals surface area contributed by atoms with E-state index in [9.17, 15) is 14.9 Å². The number of hydrazone groups is 1. The van der Waals surface area contributed by atoms with Crippen LogP contribution in [0.25, 0.3) is 17.5 Å². The number of tetrazole rings is 1. The normalized spacial score (nSPS) is 11.1. The molecular weight excluding hydrogens is 362 g/mol. The number of aromatic nitrogens is 4. The lowest BCUT2D eigenvalue weighted by Crippen LogP contribution is -2.24. The summed E-state index contributed by atoms with van der Waals surface area (Å²) in [7, 11) is 0. The predicted octanol–water partition coefficient (Wildman–Crippen LogP) is 2.06. The fourth-order valence-corrected chi connectivity index (χ4v) is 2.19. The first kappa shape index (κ1) is 18.6. The molecule has 0 spiro atoms. The number of carbonyl (C=O) groups excluding carboxylic acids is 1. The number of hydrogen-bond donors (Lipinski definition) is 1. The molecule has 0 aliphatic carbocycles. The lowest BCUT2D eigenvalue weighted by atomic mass is 10.2. The van der Waals surface area contributed by atoms with E-state index in [2.05, 4.69) is 25.9 Å². The van der Waals surface area contributed by atoms with Gasteiger partial charge in [-0.1, -0.05) is 36.4 Å². The van der Waals surface area contributed by atoms with Crippen molar-refractivity contribution >= 4 is 23.9 Å². The third kappa shape index (κ3) is 5.14. The van der Waals surface area contributed by atoms with E-state index in [1.807, 2.05) is 30.3 Å². The first-order chi connectivity index (χ1) is 13.6. The summed E-state index contributed by atoms with van der Waals surface area (Å²) in [5.74, 6) is 0.0277. The Morgan fingerprint density at radius 1 is 1.18 bits per heavy atom. The van der Waals surface area contributed by atoms with Crippen LogP contribution >= 0.6 is 0 Å². The molecule has 1 amide bonds. The van der Waals surface area contributed by atoms with Crippen LogP contribution in [0.1, 0.15) is 5.56 Å². The number of nitro groups is 1. The van der Waals surface area contributed by atoms with Crippen LogP contribution in [0.5, 0.6) is 0 Å². The van der Waals surface area contributed by atoms with E-state index < -0.39 is 10.8 Å². The summed E-state index contributed by atoms with van der Waals surface area (Å²) < 4.78 is 0. The van der Waals surface area contributed by atoms with Gasteiger partial charge in [-0.25, -0.2) is 5.43 Å². The summed E-state index contributed by atoms with van der Waals surface area (Å²) in [6, 6.07) is 15.4. The second-order valence-electron chi connectivity index (χ2n) is 5.53. The average molecular weight is 377 g/mol. The molecule has 3 rings (SSSR count). The zero-order chi connectivity index (χ0) is 19.8. The number of hydrogen-bond acceptors (Lipinski definition) is 7. The SMILES string of the molecule is O=C(Cn1nnc(-c2ccccc2)n1)N/N=C/C=C/c1ccc([N+](=O)[O-])cc1. The average Bonchev–Trinajstić information content (AvgIpc) is 3.17. The number of nitro benzene ring substituents is 1. The number of non-ortho nitro benzene ring substituents is 1. The zero-order valence-electron chi connectivity index (χ0n) is 14.5. The number of rotatable bonds is 7. The van der Waals surface area contributed by atoms with Gasteiger partial charge in [-0.3, -0.25) is 14.9 Å². The molecule has 0 saturated carbocycles. The molecule has 1 N–H and O–H groups in total. The first-order valence-electron chi connectivity index (χ1n) is 8.18. The lowest BCUT2D eigenvalue weighted by molar-refractivity contribution is -0.384. The van der Waals surface area contributed by atoms with E-state index in [1.54, 1.807) is 24.3 Å². The van der Waals surface area contributed by atoms with Crippen molar-refractivity contribution in [2.24, 2.45) is 5.10 Å². The number of amides is 1. The molecule has 1 aromatic heterocycles. The number of carbonyl (C=O) groups is 1. The van der Waals surface area contributed by atoms with E-state index in [-0.39, 0.29) is 12.2 Å². The van der Waals surface area contributed by atoms with Gasteiger partial charge in [-0.05, 0) is 29.0 Å². The van der Waals surface area contributed by atoms with Gasteiger partial charge in [0.25, 0.3) is 11.6 Å². The lowest BCUT2D eigenvalue weighted by Gasteiger charge is -1.97. The van der Waals surface area contributed by atoms with Crippen molar-refractivity contribution < 1.29 is 9.72 Å². The molecule has 140 valence electrons. The first-order valence-corrected chi connectivity index (χ1v) is 8.18. The third-order valence-electron chi connectivity index (χ3n) is 3.51. The van der Waals surface area contributed by atoms with Crippen LogP contribution in [-0.4, -0.2) is 37.3 Å². The molecule has 0 unspecified atom stereocenters. The van der Waals surface area contributed by atoms with Crippen LogP contribution in [0.2, 0.25) is 0 Å². The highest BCUT2D eigenvalue weighted by Crippen LogP contribution is 2.13. The Kier molecular flexibility index (Phi) is 5.93. The van der Waals surface area contributed by atoms with E-state index in [4.69, 9.17) is 0 Å². The van der Waals surface area contributed by atoms with Crippen LogP contribution < -0.4 is 5.43 Å². The maximum atomic E-state index is 11.9. The maximum absolute atomic E-state index is 11.9. The molecule has 0 aliphatic rings. The minimum absolute atomic E-state index is 0.0234. The van der Waals surface area contributed by atoms with Crippen LogP contribution in [-0.2, 0) is 11.3 Å². The molecule has 3 aromatic rings. The molecule has 28 heavy (non-hydrogen) atoms. The summed E-state index contributed by atoms with van der Waals surface area (Å²) >= 11 is 0. The monoisotopic (exact) mass is 377 g/mol. The van der Waals surface area contributed by atoms with Crippen molar-refractivity contribution in [1.29, 1.82) is 0 Å². The van der Waals surface area contributed by atoms with Crippen LogP contribution in [0, 0.1) is 10.1 Å². The van der Waals surface area contributed by atoms with Gasteiger partial charge in [0.15, 0.2) is 0 Å². The molecule has 1 heterocycles. The smallest absolute Gasteiger partial charge is 0.269 e. The molecular formula is C18H15N7O3. The summed E-state index contributed by atoms with van der Waals surface area (Å²) in [4.78, 5) is 23.2. The second-order valence-corrected chi connectivity index (χ2v) is 5.53. The molecule has 0 atom stereocenters. The third-order valence-corrected chi connectivity index (χ3v) is 3.51. The van der Waals surface area contributed by atoms with Gasteiger partial charge in [0.05, 0.1) is 4.92 Å². The molecule has 0 fully saturated rings. The number of benzene rings is 2. The topological polar surface area (TPSA) is 128 Å². The van der Waals surface area contributed by atoms with Gasteiger partial charge in [-0.2, -0.15) is 9.90 Å². The summed E-state index contributed by atoms with van der Waals surface area (Å²) in [5.41, 5.74) is 3.95. The minimum atomic E-state index is -0.461. The Labute approximate surface area is 159 Å². The van der Waals surface area contributed by atoms with Gasteiger partial charge in [-0.15, -0.1) is 10.2 Å². The fraction of sp³-hybridized carbons (Fsp3) is 0.0556. The number of nitrogens with one attached hydrogen (secondary N) is 1. The van der Waals surface area contributed by atoms with Gasteiger partial charge in [0.1, 0.15) is 6.54 Å². The molecule has 0 saturated heterocycles. The number of allylic oxidation sites excluding steroid dienone is 1. The highest BCUT2D eigenvalue weighted by atomic mass is 16.6. The van der Waals surface area contributed by atoms with Gasteiger partial charge in [0, 0.05) is 23.9 Å². The largest absolute Gasteiger partial charge is 0.271 e. The zero-order valence-corrected chi connectivity index (χ0v) is 14.5. The van der Waals surface area contributed by atoms with Crippen molar-refractivity contribution in [3.05, 3.63) is 76.4 Å². The summed E-state index contributed by atoms with van der Waals surface area (Å²) in [5, 5.41) is 26.3. The Bertz CT molecular complexity index is 1010. The summed E-state index contributed by atoms with van der Waals surface area (Å²) in [6.45, 7) is -0.122. The summed E-state index contributed by atoms with van der Waals surface area (Å²) in [6.07, 6.45) is 4.69. The van der Waals surface area contributed by atoms with Crippen molar-refractivity contribution in [3.8, 4) is 11.4 Å². The van der Waals surface area contributed by atoms with E-state index in [0.717, 1.165) is 11.1 Å². The Morgan fingerprint density at radius 3 is 2.64 bits per heavy atom. The van der Waals surface area contributed by atoms with Crippen molar-refractivity contribution in [2.45, 2.75) is 6.54 Å². The standard InChI is InChI=1S/C18H15N7O3/c26-17(13-24-22-18(21-23-24)15-6-2-1-3-7-15)20-19-12-4-5-14-8-10-16(11-9-14)25(27)28/h1-12H,13H2,(H,20,26)/b5-4+,19-12+. The molecule has 10 heteroatoms. The Morgan fingerprint density at radius 2 is 1.93 bits per heavy atom. The van der Waals surface area contributed by atoms with E-state index in [0.29, 0.717) is 5.82 Å². The predicted molar refractivity (Wildman–Crippen MR) is 102 cm³/mol. The minimum Gasteiger partial charge on any atom is -0.271 e. The fourth-order valence-electron chi connectivity index (χ4n) is 2.19.